The lowest BCUT2D eigenvalue weighted by Crippen LogP contribution is -2.14. The molecule has 1 heterocycles. The average Bonchev–Trinajstić information content (AvgIpc) is 2.68. The molecule has 128 valence electrons. The summed E-state index contributed by atoms with van der Waals surface area (Å²) in [4.78, 5) is 16.6. The zero-order valence-corrected chi connectivity index (χ0v) is 14.7. The van der Waals surface area contributed by atoms with Crippen molar-refractivity contribution in [2.24, 2.45) is 0 Å². The van der Waals surface area contributed by atoms with Crippen molar-refractivity contribution >= 4 is 17.7 Å². The molecule has 1 amide bonds. The summed E-state index contributed by atoms with van der Waals surface area (Å²) in [5.41, 5.74) is 7.18. The van der Waals surface area contributed by atoms with Crippen molar-refractivity contribution in [1.29, 1.82) is 0 Å². The average molecular weight is 340 g/mol. The summed E-state index contributed by atoms with van der Waals surface area (Å²) in [5, 5.41) is 2.92. The fraction of sp³-hybridized carbons (Fsp3) is 0.130. The summed E-state index contributed by atoms with van der Waals surface area (Å²) in [7, 11) is 0. The zero-order chi connectivity index (χ0) is 17.9. The van der Waals surface area contributed by atoms with Gasteiger partial charge in [0, 0.05) is 11.9 Å². The van der Waals surface area contributed by atoms with Gasteiger partial charge in [-0.25, -0.2) is 0 Å². The minimum atomic E-state index is -0.184. The predicted octanol–water partition coefficient (Wildman–Crippen LogP) is 5.27. The number of carbonyl (C=O) groups is 1. The molecule has 1 aromatic heterocycles. The van der Waals surface area contributed by atoms with Gasteiger partial charge in [0.05, 0.1) is 0 Å². The molecule has 0 spiro atoms. The Bertz CT molecular complexity index is 987. The molecule has 0 radical (unpaired) electrons. The number of anilines is 1. The minimum absolute atomic E-state index is 0.184. The van der Waals surface area contributed by atoms with Gasteiger partial charge in [0.1, 0.15) is 5.69 Å². The maximum Gasteiger partial charge on any atom is 0.274 e. The van der Waals surface area contributed by atoms with E-state index < -0.39 is 0 Å². The number of aromatic nitrogens is 1. The van der Waals surface area contributed by atoms with Crippen LogP contribution in [-0.2, 0) is 6.42 Å². The molecule has 3 aromatic rings. The summed E-state index contributed by atoms with van der Waals surface area (Å²) >= 11 is 0. The van der Waals surface area contributed by atoms with E-state index in [9.17, 15) is 4.79 Å². The van der Waals surface area contributed by atoms with Crippen LogP contribution in [0.5, 0.6) is 0 Å². The largest absolute Gasteiger partial charge is 0.321 e. The first kappa shape index (κ1) is 16.3. The van der Waals surface area contributed by atoms with Crippen LogP contribution in [0.4, 0.5) is 5.69 Å². The van der Waals surface area contributed by atoms with Crippen molar-refractivity contribution in [3.05, 3.63) is 89.3 Å². The molecule has 0 atom stereocenters. The Morgan fingerprint density at radius 2 is 1.88 bits per heavy atom. The Labute approximate surface area is 153 Å². The number of rotatable bonds is 3. The molecule has 1 N–H and O–H groups in total. The topological polar surface area (TPSA) is 42.0 Å². The number of nitrogens with zero attached hydrogens (tertiary/aromatic N) is 1. The van der Waals surface area contributed by atoms with Gasteiger partial charge in [-0.05, 0) is 65.8 Å². The van der Waals surface area contributed by atoms with E-state index in [2.05, 4.69) is 52.8 Å². The van der Waals surface area contributed by atoms with Crippen molar-refractivity contribution in [3.8, 4) is 11.1 Å². The lowest BCUT2D eigenvalue weighted by atomic mass is 9.90. The highest BCUT2D eigenvalue weighted by molar-refractivity contribution is 6.03. The van der Waals surface area contributed by atoms with Gasteiger partial charge in [-0.3, -0.25) is 9.78 Å². The normalized spacial score (nSPS) is 12.5. The first-order valence-corrected chi connectivity index (χ1v) is 8.84. The van der Waals surface area contributed by atoms with Crippen molar-refractivity contribution in [2.75, 3.05) is 5.32 Å². The molecular weight excluding hydrogens is 320 g/mol. The number of carbonyl (C=O) groups excluding carboxylic acids is 1. The molecule has 0 saturated carbocycles. The van der Waals surface area contributed by atoms with Gasteiger partial charge in [0.25, 0.3) is 5.91 Å². The molecule has 4 rings (SSSR count). The Balaban J connectivity index is 1.58. The summed E-state index contributed by atoms with van der Waals surface area (Å²) in [5.74, 6) is -0.184. The quantitative estimate of drug-likeness (QED) is 0.706. The SMILES string of the molecule is Cc1cccnc1C(=O)Nc1ccc(-c2cccc3c2C=CCC3)cc1. The Hall–Kier alpha value is -3.20. The lowest BCUT2D eigenvalue weighted by molar-refractivity contribution is 0.102. The highest BCUT2D eigenvalue weighted by Crippen LogP contribution is 2.31. The van der Waals surface area contributed by atoms with Gasteiger partial charge in [0.2, 0.25) is 0 Å². The molecule has 3 heteroatoms. The van der Waals surface area contributed by atoms with Crippen LogP contribution in [0.1, 0.15) is 33.6 Å². The van der Waals surface area contributed by atoms with Crippen molar-refractivity contribution in [1.82, 2.24) is 4.98 Å². The van der Waals surface area contributed by atoms with Gasteiger partial charge in [-0.2, -0.15) is 0 Å². The molecule has 3 nitrogen and oxygen atoms in total. The fourth-order valence-corrected chi connectivity index (χ4v) is 3.37. The number of benzene rings is 2. The molecule has 0 bridgehead atoms. The van der Waals surface area contributed by atoms with Crippen molar-refractivity contribution < 1.29 is 4.79 Å². The highest BCUT2D eigenvalue weighted by atomic mass is 16.1. The van der Waals surface area contributed by atoms with E-state index in [-0.39, 0.29) is 5.91 Å². The van der Waals surface area contributed by atoms with E-state index in [1.54, 1.807) is 6.20 Å². The Kier molecular flexibility index (Phi) is 4.36. The third kappa shape index (κ3) is 3.16. The molecule has 0 unspecified atom stereocenters. The summed E-state index contributed by atoms with van der Waals surface area (Å²) in [6.45, 7) is 1.89. The number of pyridine rings is 1. The highest BCUT2D eigenvalue weighted by Gasteiger charge is 2.12. The number of nitrogens with one attached hydrogen (secondary N) is 1. The van der Waals surface area contributed by atoms with Crippen LogP contribution in [-0.4, -0.2) is 10.9 Å². The maximum absolute atomic E-state index is 12.4. The van der Waals surface area contributed by atoms with E-state index in [1.165, 1.54) is 16.7 Å². The van der Waals surface area contributed by atoms with Crippen LogP contribution in [0.2, 0.25) is 0 Å². The number of hydrogen-bond acceptors (Lipinski definition) is 2. The standard InChI is InChI=1S/C23H20N2O/c1-16-6-5-15-24-22(16)23(26)25-19-13-11-18(12-14-19)21-10-4-8-17-7-2-3-9-20(17)21/h3-6,8-15H,2,7H2,1H3,(H,25,26). The first-order chi connectivity index (χ1) is 12.7. The van der Waals surface area contributed by atoms with Gasteiger partial charge >= 0.3 is 0 Å². The second-order valence-electron chi connectivity index (χ2n) is 6.52. The third-order valence-corrected chi connectivity index (χ3v) is 4.74. The molecule has 1 aliphatic rings. The Morgan fingerprint density at radius 3 is 2.69 bits per heavy atom. The van der Waals surface area contributed by atoms with E-state index in [0.717, 1.165) is 29.7 Å². The number of amides is 1. The van der Waals surface area contributed by atoms with E-state index in [0.29, 0.717) is 5.69 Å². The smallest absolute Gasteiger partial charge is 0.274 e. The zero-order valence-electron chi connectivity index (χ0n) is 14.7. The number of aryl methyl sites for hydroxylation is 2. The van der Waals surface area contributed by atoms with Crippen LogP contribution in [0.25, 0.3) is 17.2 Å². The molecule has 2 aromatic carbocycles. The number of allylic oxidation sites excluding steroid dienone is 1. The maximum atomic E-state index is 12.4. The second-order valence-corrected chi connectivity index (χ2v) is 6.52. The van der Waals surface area contributed by atoms with Gasteiger partial charge in [-0.15, -0.1) is 0 Å². The summed E-state index contributed by atoms with van der Waals surface area (Å²) < 4.78 is 0. The van der Waals surface area contributed by atoms with Crippen LogP contribution >= 0.6 is 0 Å². The van der Waals surface area contributed by atoms with Gasteiger partial charge in [-0.1, -0.05) is 48.6 Å². The summed E-state index contributed by atoms with van der Waals surface area (Å²) in [6.07, 6.45) is 8.28. The molecule has 0 fully saturated rings. The van der Waals surface area contributed by atoms with Gasteiger partial charge < -0.3 is 5.32 Å². The second kappa shape index (κ2) is 6.96. The van der Waals surface area contributed by atoms with Crippen molar-refractivity contribution in [2.45, 2.75) is 19.8 Å². The minimum Gasteiger partial charge on any atom is -0.321 e. The lowest BCUT2D eigenvalue weighted by Gasteiger charge is -2.15. The van der Waals surface area contributed by atoms with Crippen LogP contribution in [0, 0.1) is 6.92 Å². The van der Waals surface area contributed by atoms with Crippen LogP contribution < -0.4 is 5.32 Å². The molecule has 1 aliphatic carbocycles. The van der Waals surface area contributed by atoms with E-state index >= 15 is 0 Å². The predicted molar refractivity (Wildman–Crippen MR) is 106 cm³/mol. The van der Waals surface area contributed by atoms with Crippen molar-refractivity contribution in [3.63, 3.8) is 0 Å². The molecule has 0 saturated heterocycles. The molecule has 0 aliphatic heterocycles. The fourth-order valence-electron chi connectivity index (χ4n) is 3.37. The monoisotopic (exact) mass is 340 g/mol. The van der Waals surface area contributed by atoms with Gasteiger partial charge in [0.15, 0.2) is 0 Å². The van der Waals surface area contributed by atoms with Crippen LogP contribution in [0.15, 0.2) is 66.9 Å². The third-order valence-electron chi connectivity index (χ3n) is 4.74. The molecular formula is C23H20N2O. The number of fused-ring (bicyclic) bond motifs is 1. The Morgan fingerprint density at radius 1 is 1.04 bits per heavy atom. The van der Waals surface area contributed by atoms with Crippen LogP contribution in [0.3, 0.4) is 0 Å². The van der Waals surface area contributed by atoms with E-state index in [4.69, 9.17) is 0 Å². The molecule has 26 heavy (non-hydrogen) atoms. The number of hydrogen-bond donors (Lipinski definition) is 1. The van der Waals surface area contributed by atoms with E-state index in [1.807, 2.05) is 31.2 Å². The first-order valence-electron chi connectivity index (χ1n) is 8.84. The summed E-state index contributed by atoms with van der Waals surface area (Å²) in [6, 6.07) is 18.2.